The van der Waals surface area contributed by atoms with Gasteiger partial charge < -0.3 is 10.4 Å². The highest BCUT2D eigenvalue weighted by molar-refractivity contribution is 4.93. The second-order valence-corrected chi connectivity index (χ2v) is 4.56. The standard InChI is InChI=1S/C11H20N4O/c1-9(10-3-4-10)12-7-11-8-15(14-13-11)5-2-6-16/h8-10,12,16H,2-7H2,1H3. The molecule has 5 heteroatoms. The highest BCUT2D eigenvalue weighted by atomic mass is 16.3. The molecule has 16 heavy (non-hydrogen) atoms. The average Bonchev–Trinajstić information content (AvgIpc) is 3.04. The first-order chi connectivity index (χ1) is 7.79. The lowest BCUT2D eigenvalue weighted by molar-refractivity contribution is 0.276. The number of aliphatic hydroxyl groups is 1. The van der Waals surface area contributed by atoms with E-state index < -0.39 is 0 Å². The summed E-state index contributed by atoms with van der Waals surface area (Å²) in [6, 6.07) is 0.586. The van der Waals surface area contributed by atoms with Crippen LogP contribution in [0, 0.1) is 5.92 Å². The molecule has 1 unspecified atom stereocenters. The molecule has 1 aliphatic rings. The first-order valence-corrected chi connectivity index (χ1v) is 6.03. The Labute approximate surface area is 95.8 Å². The molecule has 1 heterocycles. The molecule has 1 fully saturated rings. The normalized spacial score (nSPS) is 17.6. The van der Waals surface area contributed by atoms with Crippen LogP contribution in [0.4, 0.5) is 0 Å². The third-order valence-corrected chi connectivity index (χ3v) is 3.07. The second kappa shape index (κ2) is 5.41. The van der Waals surface area contributed by atoms with Crippen LogP contribution in [0.3, 0.4) is 0 Å². The molecule has 0 saturated heterocycles. The van der Waals surface area contributed by atoms with Gasteiger partial charge >= 0.3 is 0 Å². The van der Waals surface area contributed by atoms with Gasteiger partial charge in [-0.25, -0.2) is 0 Å². The minimum atomic E-state index is 0.201. The van der Waals surface area contributed by atoms with Crippen LogP contribution in [0.25, 0.3) is 0 Å². The van der Waals surface area contributed by atoms with Gasteiger partial charge in [-0.1, -0.05) is 5.21 Å². The van der Waals surface area contributed by atoms with Crippen molar-refractivity contribution in [2.24, 2.45) is 5.92 Å². The summed E-state index contributed by atoms with van der Waals surface area (Å²) in [4.78, 5) is 0. The quantitative estimate of drug-likeness (QED) is 0.710. The van der Waals surface area contributed by atoms with Crippen molar-refractivity contribution in [1.29, 1.82) is 0 Å². The van der Waals surface area contributed by atoms with Crippen molar-refractivity contribution in [3.05, 3.63) is 11.9 Å². The van der Waals surface area contributed by atoms with E-state index in [2.05, 4.69) is 22.6 Å². The Morgan fingerprint density at radius 3 is 3.12 bits per heavy atom. The maximum Gasteiger partial charge on any atom is 0.0964 e. The molecular formula is C11H20N4O. The molecule has 0 spiro atoms. The highest BCUT2D eigenvalue weighted by Gasteiger charge is 2.27. The second-order valence-electron chi connectivity index (χ2n) is 4.56. The number of hydrogen-bond donors (Lipinski definition) is 2. The van der Waals surface area contributed by atoms with Crippen molar-refractivity contribution < 1.29 is 5.11 Å². The lowest BCUT2D eigenvalue weighted by atomic mass is 10.2. The van der Waals surface area contributed by atoms with E-state index in [1.165, 1.54) is 12.8 Å². The fourth-order valence-electron chi connectivity index (χ4n) is 1.79. The monoisotopic (exact) mass is 224 g/mol. The van der Waals surface area contributed by atoms with Gasteiger partial charge in [-0.05, 0) is 32.1 Å². The number of aliphatic hydroxyl groups excluding tert-OH is 1. The number of nitrogens with one attached hydrogen (secondary N) is 1. The van der Waals surface area contributed by atoms with Gasteiger partial charge in [0, 0.05) is 31.9 Å². The first-order valence-electron chi connectivity index (χ1n) is 6.03. The Kier molecular flexibility index (Phi) is 3.90. The average molecular weight is 224 g/mol. The summed E-state index contributed by atoms with van der Waals surface area (Å²) < 4.78 is 1.79. The molecule has 0 aliphatic heterocycles. The van der Waals surface area contributed by atoms with Crippen LogP contribution in [0.1, 0.15) is 31.9 Å². The number of aryl methyl sites for hydroxylation is 1. The molecule has 2 N–H and O–H groups in total. The number of aromatic nitrogens is 3. The van der Waals surface area contributed by atoms with Crippen molar-refractivity contribution in [1.82, 2.24) is 20.3 Å². The number of rotatable bonds is 7. The van der Waals surface area contributed by atoms with Gasteiger partial charge in [0.25, 0.3) is 0 Å². The lowest BCUT2D eigenvalue weighted by Gasteiger charge is -2.10. The van der Waals surface area contributed by atoms with E-state index in [0.717, 1.165) is 31.1 Å². The molecule has 1 aromatic rings. The third-order valence-electron chi connectivity index (χ3n) is 3.07. The molecule has 0 aromatic carbocycles. The molecule has 1 aliphatic carbocycles. The molecule has 0 amide bonds. The largest absolute Gasteiger partial charge is 0.396 e. The summed E-state index contributed by atoms with van der Waals surface area (Å²) in [5, 5.41) is 20.3. The first kappa shape index (κ1) is 11.5. The molecule has 2 rings (SSSR count). The van der Waals surface area contributed by atoms with E-state index in [9.17, 15) is 0 Å². The van der Waals surface area contributed by atoms with Crippen LogP contribution >= 0.6 is 0 Å². The van der Waals surface area contributed by atoms with Gasteiger partial charge in [-0.15, -0.1) is 5.10 Å². The molecular weight excluding hydrogens is 204 g/mol. The summed E-state index contributed by atoms with van der Waals surface area (Å²) in [5.41, 5.74) is 0.977. The van der Waals surface area contributed by atoms with Gasteiger partial charge in [-0.3, -0.25) is 4.68 Å². The molecule has 1 aromatic heterocycles. The minimum Gasteiger partial charge on any atom is -0.396 e. The topological polar surface area (TPSA) is 63.0 Å². The third kappa shape index (κ3) is 3.28. The highest BCUT2D eigenvalue weighted by Crippen LogP contribution is 2.32. The SMILES string of the molecule is CC(NCc1cn(CCCO)nn1)C1CC1. The lowest BCUT2D eigenvalue weighted by Crippen LogP contribution is -2.27. The zero-order valence-electron chi connectivity index (χ0n) is 9.76. The zero-order chi connectivity index (χ0) is 11.4. The van der Waals surface area contributed by atoms with Crippen molar-refractivity contribution in [3.63, 3.8) is 0 Å². The van der Waals surface area contributed by atoms with Crippen molar-refractivity contribution in [2.45, 2.75) is 45.3 Å². The predicted molar refractivity (Wildman–Crippen MR) is 60.8 cm³/mol. The molecule has 1 atom stereocenters. The molecule has 0 radical (unpaired) electrons. The zero-order valence-corrected chi connectivity index (χ0v) is 9.76. The van der Waals surface area contributed by atoms with Crippen LogP contribution in [-0.2, 0) is 13.1 Å². The summed E-state index contributed by atoms with van der Waals surface area (Å²) in [5.74, 6) is 0.865. The fraction of sp³-hybridized carbons (Fsp3) is 0.818. The Bertz CT molecular complexity index is 322. The van der Waals surface area contributed by atoms with Crippen LogP contribution < -0.4 is 5.32 Å². The maximum atomic E-state index is 8.70. The van der Waals surface area contributed by atoms with Crippen LogP contribution in [0.5, 0.6) is 0 Å². The minimum absolute atomic E-state index is 0.201. The molecule has 0 bridgehead atoms. The van der Waals surface area contributed by atoms with Gasteiger partial charge in [0.15, 0.2) is 0 Å². The van der Waals surface area contributed by atoms with E-state index in [1.807, 2.05) is 6.20 Å². The van der Waals surface area contributed by atoms with Crippen molar-refractivity contribution >= 4 is 0 Å². The van der Waals surface area contributed by atoms with Crippen molar-refractivity contribution in [3.8, 4) is 0 Å². The Hall–Kier alpha value is -0.940. The van der Waals surface area contributed by atoms with Crippen LogP contribution in [0.2, 0.25) is 0 Å². The summed E-state index contributed by atoms with van der Waals surface area (Å²) in [7, 11) is 0. The number of nitrogens with zero attached hydrogens (tertiary/aromatic N) is 3. The summed E-state index contributed by atoms with van der Waals surface area (Å²) in [6.07, 6.45) is 5.39. The Balaban J connectivity index is 1.73. The van der Waals surface area contributed by atoms with Crippen molar-refractivity contribution in [2.75, 3.05) is 6.61 Å². The van der Waals surface area contributed by atoms with E-state index in [4.69, 9.17) is 5.11 Å². The van der Waals surface area contributed by atoms with E-state index in [1.54, 1.807) is 4.68 Å². The van der Waals surface area contributed by atoms with Gasteiger partial charge in [-0.2, -0.15) is 0 Å². The smallest absolute Gasteiger partial charge is 0.0964 e. The Morgan fingerprint density at radius 2 is 2.44 bits per heavy atom. The van der Waals surface area contributed by atoms with Gasteiger partial charge in [0.2, 0.25) is 0 Å². The van der Waals surface area contributed by atoms with E-state index >= 15 is 0 Å². The summed E-state index contributed by atoms with van der Waals surface area (Å²) >= 11 is 0. The molecule has 5 nitrogen and oxygen atoms in total. The fourth-order valence-corrected chi connectivity index (χ4v) is 1.79. The van der Waals surface area contributed by atoms with Crippen LogP contribution in [-0.4, -0.2) is 32.7 Å². The summed E-state index contributed by atoms with van der Waals surface area (Å²) in [6.45, 7) is 3.96. The number of hydrogen-bond acceptors (Lipinski definition) is 4. The maximum absolute atomic E-state index is 8.70. The molecule has 90 valence electrons. The van der Waals surface area contributed by atoms with E-state index in [-0.39, 0.29) is 6.61 Å². The van der Waals surface area contributed by atoms with Gasteiger partial charge in [0.1, 0.15) is 0 Å². The van der Waals surface area contributed by atoms with Gasteiger partial charge in [0.05, 0.1) is 5.69 Å². The van der Waals surface area contributed by atoms with E-state index in [0.29, 0.717) is 6.04 Å². The predicted octanol–water partition coefficient (Wildman–Crippen LogP) is 0.549. The van der Waals surface area contributed by atoms with Crippen LogP contribution in [0.15, 0.2) is 6.20 Å². The Morgan fingerprint density at radius 1 is 1.62 bits per heavy atom. The molecule has 1 saturated carbocycles.